The van der Waals surface area contributed by atoms with Gasteiger partial charge in [0.05, 0.1) is 20.8 Å². The van der Waals surface area contributed by atoms with E-state index in [2.05, 4.69) is 4.98 Å². The summed E-state index contributed by atoms with van der Waals surface area (Å²) < 4.78 is 6.63. The maximum absolute atomic E-state index is 10.8. The second-order valence-corrected chi connectivity index (χ2v) is 5.40. The van der Waals surface area contributed by atoms with E-state index in [1.54, 1.807) is 0 Å². The number of carbonyl (C=O) groups is 1. The molecular formula is C14H8ClNO3S. The van der Waals surface area contributed by atoms with Crippen LogP contribution in [0, 0.1) is 0 Å². The van der Waals surface area contributed by atoms with Crippen molar-refractivity contribution in [2.75, 3.05) is 0 Å². The lowest BCUT2D eigenvalue weighted by molar-refractivity contribution is 0.0697. The van der Waals surface area contributed by atoms with Crippen LogP contribution in [0.25, 0.3) is 10.2 Å². The third-order valence-electron chi connectivity index (χ3n) is 2.65. The molecule has 0 unspecified atom stereocenters. The maximum atomic E-state index is 10.8. The third kappa shape index (κ3) is 2.45. The predicted octanol–water partition coefficient (Wildman–Crippen LogP) is 4.44. The topological polar surface area (TPSA) is 59.4 Å². The molecule has 0 atom stereocenters. The molecule has 6 heteroatoms. The van der Waals surface area contributed by atoms with Crippen LogP contribution in [0.1, 0.15) is 10.4 Å². The molecule has 0 aliphatic rings. The summed E-state index contributed by atoms with van der Waals surface area (Å²) in [5, 5.41) is 9.58. The van der Waals surface area contributed by atoms with Crippen LogP contribution < -0.4 is 4.74 Å². The smallest absolute Gasteiger partial charge is 0.335 e. The Labute approximate surface area is 123 Å². The SMILES string of the molecule is O=C(O)c1ccc(Oc2nc3ccccc3s2)c(Cl)c1. The van der Waals surface area contributed by atoms with Gasteiger partial charge in [-0.15, -0.1) is 0 Å². The zero-order chi connectivity index (χ0) is 14.1. The molecule has 1 N–H and O–H groups in total. The number of benzene rings is 2. The lowest BCUT2D eigenvalue weighted by atomic mass is 10.2. The van der Waals surface area contributed by atoms with Gasteiger partial charge in [-0.25, -0.2) is 9.78 Å². The van der Waals surface area contributed by atoms with E-state index in [4.69, 9.17) is 21.4 Å². The van der Waals surface area contributed by atoms with Gasteiger partial charge in [0.1, 0.15) is 5.75 Å². The highest BCUT2D eigenvalue weighted by molar-refractivity contribution is 7.20. The molecule has 0 aliphatic carbocycles. The number of thiazole rings is 1. The van der Waals surface area contributed by atoms with Crippen molar-refractivity contribution in [3.05, 3.63) is 53.1 Å². The summed E-state index contributed by atoms with van der Waals surface area (Å²) in [4.78, 5) is 15.2. The number of carboxylic acids is 1. The minimum absolute atomic E-state index is 0.117. The second kappa shape index (κ2) is 5.11. The minimum atomic E-state index is -1.03. The fourth-order valence-electron chi connectivity index (χ4n) is 1.71. The van der Waals surface area contributed by atoms with E-state index < -0.39 is 5.97 Å². The van der Waals surface area contributed by atoms with E-state index in [9.17, 15) is 4.79 Å². The predicted molar refractivity (Wildman–Crippen MR) is 78.1 cm³/mol. The molecule has 0 saturated heterocycles. The summed E-state index contributed by atoms with van der Waals surface area (Å²) >= 11 is 7.41. The summed E-state index contributed by atoms with van der Waals surface area (Å²) in [6.07, 6.45) is 0. The number of para-hydroxylation sites is 1. The lowest BCUT2D eigenvalue weighted by Crippen LogP contribution is -1.96. The molecule has 0 bridgehead atoms. The van der Waals surface area contributed by atoms with Crippen molar-refractivity contribution in [3.8, 4) is 10.9 Å². The molecular weight excluding hydrogens is 298 g/mol. The Morgan fingerprint density at radius 1 is 1.25 bits per heavy atom. The summed E-state index contributed by atoms with van der Waals surface area (Å²) in [5.41, 5.74) is 0.970. The number of fused-ring (bicyclic) bond motifs is 1. The van der Waals surface area contributed by atoms with E-state index >= 15 is 0 Å². The first-order chi connectivity index (χ1) is 9.63. The van der Waals surface area contributed by atoms with Crippen molar-refractivity contribution in [1.29, 1.82) is 0 Å². The molecule has 1 heterocycles. The van der Waals surface area contributed by atoms with Gasteiger partial charge in [-0.05, 0) is 30.3 Å². The highest BCUT2D eigenvalue weighted by Crippen LogP contribution is 2.34. The zero-order valence-corrected chi connectivity index (χ0v) is 11.6. The van der Waals surface area contributed by atoms with Crippen molar-refractivity contribution in [2.24, 2.45) is 0 Å². The minimum Gasteiger partial charge on any atom is -0.478 e. The van der Waals surface area contributed by atoms with Crippen LogP contribution in [0.5, 0.6) is 10.9 Å². The lowest BCUT2D eigenvalue weighted by Gasteiger charge is -2.04. The highest BCUT2D eigenvalue weighted by Gasteiger charge is 2.11. The van der Waals surface area contributed by atoms with Crippen molar-refractivity contribution in [2.45, 2.75) is 0 Å². The number of rotatable bonds is 3. The van der Waals surface area contributed by atoms with Crippen molar-refractivity contribution in [1.82, 2.24) is 4.98 Å². The Balaban J connectivity index is 1.92. The van der Waals surface area contributed by atoms with Crippen molar-refractivity contribution < 1.29 is 14.6 Å². The van der Waals surface area contributed by atoms with Crippen LogP contribution >= 0.6 is 22.9 Å². The quantitative estimate of drug-likeness (QED) is 0.777. The van der Waals surface area contributed by atoms with Gasteiger partial charge >= 0.3 is 5.97 Å². The fraction of sp³-hybridized carbons (Fsp3) is 0. The summed E-state index contributed by atoms with van der Waals surface area (Å²) in [7, 11) is 0. The van der Waals surface area contributed by atoms with Gasteiger partial charge in [-0.2, -0.15) is 0 Å². The van der Waals surface area contributed by atoms with E-state index in [0.717, 1.165) is 10.2 Å². The van der Waals surface area contributed by atoms with E-state index in [-0.39, 0.29) is 10.6 Å². The Morgan fingerprint density at radius 2 is 2.05 bits per heavy atom. The number of hydrogen-bond donors (Lipinski definition) is 1. The van der Waals surface area contributed by atoms with Crippen LogP contribution in [-0.2, 0) is 0 Å². The van der Waals surface area contributed by atoms with E-state index in [1.165, 1.54) is 29.5 Å². The molecule has 3 aromatic rings. The zero-order valence-electron chi connectivity index (χ0n) is 10.0. The number of aromatic carboxylic acids is 1. The number of hydrogen-bond acceptors (Lipinski definition) is 4. The first-order valence-electron chi connectivity index (χ1n) is 5.70. The van der Waals surface area contributed by atoms with E-state index in [0.29, 0.717) is 10.9 Å². The van der Waals surface area contributed by atoms with Gasteiger partial charge in [0.2, 0.25) is 0 Å². The number of carboxylic acid groups (broad SMARTS) is 1. The second-order valence-electron chi connectivity index (χ2n) is 4.00. The Bertz CT molecular complexity index is 767. The summed E-state index contributed by atoms with van der Waals surface area (Å²) in [5.74, 6) is -0.644. The molecule has 4 nitrogen and oxygen atoms in total. The van der Waals surface area contributed by atoms with Gasteiger partial charge in [0.25, 0.3) is 5.19 Å². The third-order valence-corrected chi connectivity index (χ3v) is 3.86. The Hall–Kier alpha value is -2.11. The molecule has 0 radical (unpaired) electrons. The molecule has 3 rings (SSSR count). The summed E-state index contributed by atoms with van der Waals surface area (Å²) in [6, 6.07) is 12.0. The molecule has 0 amide bonds. The normalized spacial score (nSPS) is 10.7. The van der Waals surface area contributed by atoms with Crippen molar-refractivity contribution in [3.63, 3.8) is 0 Å². The number of aromatic nitrogens is 1. The monoisotopic (exact) mass is 305 g/mol. The van der Waals surface area contributed by atoms with Crippen molar-refractivity contribution >= 4 is 39.1 Å². The molecule has 0 spiro atoms. The highest BCUT2D eigenvalue weighted by atomic mass is 35.5. The first-order valence-corrected chi connectivity index (χ1v) is 6.89. The average Bonchev–Trinajstić information content (AvgIpc) is 2.83. The van der Waals surface area contributed by atoms with Gasteiger partial charge < -0.3 is 9.84 Å². The number of halogens is 1. The number of nitrogens with zero attached hydrogens (tertiary/aromatic N) is 1. The van der Waals surface area contributed by atoms with Gasteiger partial charge in [0.15, 0.2) is 0 Å². The van der Waals surface area contributed by atoms with Gasteiger partial charge in [-0.3, -0.25) is 0 Å². The number of ether oxygens (including phenoxy) is 1. The van der Waals surface area contributed by atoms with Crippen LogP contribution in [0.3, 0.4) is 0 Å². The van der Waals surface area contributed by atoms with Crippen LogP contribution in [0.4, 0.5) is 0 Å². The molecule has 0 aliphatic heterocycles. The Morgan fingerprint density at radius 3 is 2.75 bits per heavy atom. The van der Waals surface area contributed by atoms with E-state index in [1.807, 2.05) is 24.3 Å². The van der Waals surface area contributed by atoms with Gasteiger partial charge in [0, 0.05) is 0 Å². The van der Waals surface area contributed by atoms with Crippen LogP contribution in [0.2, 0.25) is 5.02 Å². The first kappa shape index (κ1) is 12.9. The molecule has 0 saturated carbocycles. The molecule has 2 aromatic carbocycles. The molecule has 1 aromatic heterocycles. The standard InChI is InChI=1S/C14H8ClNO3S/c15-9-7-8(13(17)18)5-6-11(9)19-14-16-10-3-1-2-4-12(10)20-14/h1-7H,(H,17,18). The maximum Gasteiger partial charge on any atom is 0.335 e. The summed E-state index contributed by atoms with van der Waals surface area (Å²) in [6.45, 7) is 0. The largest absolute Gasteiger partial charge is 0.478 e. The van der Waals surface area contributed by atoms with Crippen LogP contribution in [-0.4, -0.2) is 16.1 Å². The van der Waals surface area contributed by atoms with Crippen LogP contribution in [0.15, 0.2) is 42.5 Å². The Kier molecular flexibility index (Phi) is 3.30. The van der Waals surface area contributed by atoms with Gasteiger partial charge in [-0.1, -0.05) is 35.1 Å². The fourth-order valence-corrected chi connectivity index (χ4v) is 2.75. The average molecular weight is 306 g/mol. The molecule has 100 valence electrons. The molecule has 20 heavy (non-hydrogen) atoms. The molecule has 0 fully saturated rings.